The molecule has 1 atom stereocenters. The van der Waals surface area contributed by atoms with Crippen LogP contribution in [0.1, 0.15) is 31.9 Å². The maximum atomic E-state index is 5.94. The number of hydrogen-bond donors (Lipinski definition) is 1. The maximum absolute atomic E-state index is 5.94. The van der Waals surface area contributed by atoms with Gasteiger partial charge in [0, 0.05) is 17.5 Å². The van der Waals surface area contributed by atoms with Crippen molar-refractivity contribution in [3.05, 3.63) is 29.8 Å². The number of hydrogen-bond acceptors (Lipinski definition) is 3. The molecule has 3 heteroatoms. The summed E-state index contributed by atoms with van der Waals surface area (Å²) in [6.07, 6.45) is 3.32. The second kappa shape index (κ2) is 7.82. The van der Waals surface area contributed by atoms with Crippen molar-refractivity contribution < 1.29 is 0 Å². The summed E-state index contributed by atoms with van der Waals surface area (Å²) in [5.41, 5.74) is 7.26. The Morgan fingerprint density at radius 1 is 1.22 bits per heavy atom. The molecule has 0 fully saturated rings. The van der Waals surface area contributed by atoms with Gasteiger partial charge in [-0.1, -0.05) is 26.0 Å². The number of rotatable bonds is 7. The van der Waals surface area contributed by atoms with Gasteiger partial charge in [0.05, 0.1) is 0 Å². The zero-order valence-electron chi connectivity index (χ0n) is 12.0. The molecule has 0 saturated carbocycles. The molecule has 1 unspecified atom stereocenters. The topological polar surface area (TPSA) is 29.3 Å². The number of nitrogens with two attached hydrogens (primary N) is 1. The van der Waals surface area contributed by atoms with E-state index < -0.39 is 0 Å². The van der Waals surface area contributed by atoms with Gasteiger partial charge < -0.3 is 5.73 Å². The van der Waals surface area contributed by atoms with Gasteiger partial charge in [-0.3, -0.25) is 4.90 Å². The summed E-state index contributed by atoms with van der Waals surface area (Å²) in [6.45, 7) is 6.30. The summed E-state index contributed by atoms with van der Waals surface area (Å²) in [7, 11) is 2.17. The molecule has 1 rings (SSSR count). The molecule has 2 nitrogen and oxygen atoms in total. The molecule has 0 aliphatic heterocycles. The molecule has 0 aliphatic rings. The van der Waals surface area contributed by atoms with E-state index in [9.17, 15) is 0 Å². The number of thioether (sulfide) groups is 1. The Morgan fingerprint density at radius 3 is 2.28 bits per heavy atom. The van der Waals surface area contributed by atoms with E-state index in [1.54, 1.807) is 11.8 Å². The molecule has 0 aromatic heterocycles. The second-order valence-electron chi connectivity index (χ2n) is 5.19. The van der Waals surface area contributed by atoms with Crippen LogP contribution in [-0.2, 0) is 0 Å². The highest BCUT2D eigenvalue weighted by molar-refractivity contribution is 7.98. The van der Waals surface area contributed by atoms with Gasteiger partial charge in [-0.25, -0.2) is 0 Å². The van der Waals surface area contributed by atoms with Gasteiger partial charge in [-0.15, -0.1) is 11.8 Å². The van der Waals surface area contributed by atoms with Crippen LogP contribution in [-0.4, -0.2) is 31.3 Å². The Hall–Kier alpha value is -0.510. The summed E-state index contributed by atoms with van der Waals surface area (Å²) in [5.74, 6) is 0.741. The third kappa shape index (κ3) is 4.63. The minimum atomic E-state index is 0.333. The van der Waals surface area contributed by atoms with Crippen LogP contribution in [0.5, 0.6) is 0 Å². The van der Waals surface area contributed by atoms with Crippen molar-refractivity contribution in [3.8, 4) is 0 Å². The average Bonchev–Trinajstić information content (AvgIpc) is 2.38. The summed E-state index contributed by atoms with van der Waals surface area (Å²) in [4.78, 5) is 3.67. The second-order valence-corrected chi connectivity index (χ2v) is 6.07. The molecule has 0 amide bonds. The minimum absolute atomic E-state index is 0.333. The van der Waals surface area contributed by atoms with Crippen molar-refractivity contribution in [2.45, 2.75) is 31.2 Å². The summed E-state index contributed by atoms with van der Waals surface area (Å²) < 4.78 is 0. The highest BCUT2D eigenvalue weighted by Gasteiger charge is 2.15. The average molecular weight is 266 g/mol. The third-order valence-electron chi connectivity index (χ3n) is 3.32. The van der Waals surface area contributed by atoms with Crippen molar-refractivity contribution in [2.75, 3.05) is 26.4 Å². The Labute approximate surface area is 116 Å². The summed E-state index contributed by atoms with van der Waals surface area (Å²) in [5, 5.41) is 0. The van der Waals surface area contributed by atoms with Gasteiger partial charge >= 0.3 is 0 Å². The van der Waals surface area contributed by atoms with E-state index in [1.807, 2.05) is 0 Å². The highest BCUT2D eigenvalue weighted by Crippen LogP contribution is 2.22. The van der Waals surface area contributed by atoms with Gasteiger partial charge in [0.15, 0.2) is 0 Å². The van der Waals surface area contributed by atoms with Crippen LogP contribution in [0.15, 0.2) is 29.2 Å². The smallest absolute Gasteiger partial charge is 0.0467 e. The fraction of sp³-hybridized carbons (Fsp3) is 0.600. The van der Waals surface area contributed by atoms with Crippen molar-refractivity contribution >= 4 is 11.8 Å². The summed E-state index contributed by atoms with van der Waals surface area (Å²) >= 11 is 1.77. The van der Waals surface area contributed by atoms with Crippen LogP contribution < -0.4 is 5.73 Å². The first-order valence-electron chi connectivity index (χ1n) is 6.62. The molecule has 0 radical (unpaired) electrons. The lowest BCUT2D eigenvalue weighted by molar-refractivity contribution is 0.236. The lowest BCUT2D eigenvalue weighted by Gasteiger charge is -2.28. The molecule has 1 aromatic rings. The first-order valence-corrected chi connectivity index (χ1v) is 7.85. The molecule has 102 valence electrons. The minimum Gasteiger partial charge on any atom is -0.329 e. The van der Waals surface area contributed by atoms with E-state index in [0.717, 1.165) is 12.5 Å². The number of nitrogens with zero attached hydrogens (tertiary/aromatic N) is 1. The molecule has 0 aliphatic carbocycles. The largest absolute Gasteiger partial charge is 0.329 e. The Kier molecular flexibility index (Phi) is 6.76. The van der Waals surface area contributed by atoms with Crippen LogP contribution in [0.25, 0.3) is 0 Å². The predicted octanol–water partition coefficient (Wildman–Crippen LogP) is 3.39. The SMILES string of the molecule is CSc1ccc(C(CN)N(C)CCC(C)C)cc1. The van der Waals surface area contributed by atoms with Crippen LogP contribution in [0.3, 0.4) is 0 Å². The molecule has 0 bridgehead atoms. The first kappa shape index (κ1) is 15.5. The molecule has 0 spiro atoms. The zero-order valence-corrected chi connectivity index (χ0v) is 12.8. The Bertz CT molecular complexity index is 335. The maximum Gasteiger partial charge on any atom is 0.0467 e. The fourth-order valence-corrected chi connectivity index (χ4v) is 2.42. The molecule has 1 aromatic carbocycles. The van der Waals surface area contributed by atoms with E-state index in [0.29, 0.717) is 12.6 Å². The first-order chi connectivity index (χ1) is 8.58. The standard InChI is InChI=1S/C15H26N2S/c1-12(2)9-10-17(3)15(11-16)13-5-7-14(18-4)8-6-13/h5-8,12,15H,9-11,16H2,1-4H3. The Morgan fingerprint density at radius 2 is 1.83 bits per heavy atom. The molecule has 2 N–H and O–H groups in total. The lowest BCUT2D eigenvalue weighted by Crippen LogP contribution is -2.31. The van der Waals surface area contributed by atoms with Crippen molar-refractivity contribution in [3.63, 3.8) is 0 Å². The quantitative estimate of drug-likeness (QED) is 0.767. The van der Waals surface area contributed by atoms with Crippen LogP contribution in [0.2, 0.25) is 0 Å². The molecular formula is C15H26N2S. The lowest BCUT2D eigenvalue weighted by atomic mass is 10.0. The molecule has 0 saturated heterocycles. The van der Waals surface area contributed by atoms with E-state index in [1.165, 1.54) is 16.9 Å². The molecule has 0 heterocycles. The summed E-state index contributed by atoms with van der Waals surface area (Å²) in [6, 6.07) is 9.10. The fourth-order valence-electron chi connectivity index (χ4n) is 2.01. The van der Waals surface area contributed by atoms with Crippen LogP contribution >= 0.6 is 11.8 Å². The van der Waals surface area contributed by atoms with Gasteiger partial charge in [0.25, 0.3) is 0 Å². The van der Waals surface area contributed by atoms with Crippen molar-refractivity contribution in [2.24, 2.45) is 11.7 Å². The van der Waals surface area contributed by atoms with Gasteiger partial charge in [-0.05, 0) is 49.9 Å². The number of likely N-dealkylation sites (N-methyl/N-ethyl adjacent to an activating group) is 1. The zero-order chi connectivity index (χ0) is 13.5. The van der Waals surface area contributed by atoms with E-state index in [2.05, 4.69) is 56.3 Å². The van der Waals surface area contributed by atoms with Gasteiger partial charge in [0.2, 0.25) is 0 Å². The van der Waals surface area contributed by atoms with Gasteiger partial charge in [0.1, 0.15) is 0 Å². The predicted molar refractivity (Wildman–Crippen MR) is 82.1 cm³/mol. The van der Waals surface area contributed by atoms with Gasteiger partial charge in [-0.2, -0.15) is 0 Å². The van der Waals surface area contributed by atoms with Crippen molar-refractivity contribution in [1.82, 2.24) is 4.90 Å². The normalized spacial score (nSPS) is 13.3. The highest BCUT2D eigenvalue weighted by atomic mass is 32.2. The van der Waals surface area contributed by atoms with Crippen LogP contribution in [0, 0.1) is 5.92 Å². The monoisotopic (exact) mass is 266 g/mol. The Balaban J connectivity index is 2.68. The van der Waals surface area contributed by atoms with E-state index in [-0.39, 0.29) is 0 Å². The van der Waals surface area contributed by atoms with E-state index in [4.69, 9.17) is 5.73 Å². The third-order valence-corrected chi connectivity index (χ3v) is 4.06. The number of benzene rings is 1. The molecular weight excluding hydrogens is 240 g/mol. The van der Waals surface area contributed by atoms with Crippen molar-refractivity contribution in [1.29, 1.82) is 0 Å². The molecule has 18 heavy (non-hydrogen) atoms. The van der Waals surface area contributed by atoms with E-state index >= 15 is 0 Å². The van der Waals surface area contributed by atoms with Crippen LogP contribution in [0.4, 0.5) is 0 Å².